The van der Waals surface area contributed by atoms with Crippen molar-refractivity contribution in [2.75, 3.05) is 13.4 Å². The van der Waals surface area contributed by atoms with E-state index in [9.17, 15) is 13.2 Å². The van der Waals surface area contributed by atoms with Gasteiger partial charge in [0.1, 0.15) is 5.75 Å². The summed E-state index contributed by atoms with van der Waals surface area (Å²) in [6.07, 6.45) is 1.14. The Balaban J connectivity index is 2.19. The fourth-order valence-electron chi connectivity index (χ4n) is 2.52. The van der Waals surface area contributed by atoms with Crippen LogP contribution in [0, 0.1) is 5.92 Å². The Morgan fingerprint density at radius 3 is 2.00 bits per heavy atom. The molecule has 0 radical (unpaired) electrons. The van der Waals surface area contributed by atoms with Gasteiger partial charge in [-0.05, 0) is 47.9 Å². The predicted octanol–water partition coefficient (Wildman–Crippen LogP) is 3.23. The summed E-state index contributed by atoms with van der Waals surface area (Å²) < 4.78 is 28.2. The Hall–Kier alpha value is -2.34. The molecule has 0 saturated heterocycles. The van der Waals surface area contributed by atoms with Crippen molar-refractivity contribution < 1.29 is 17.9 Å². The summed E-state index contributed by atoms with van der Waals surface area (Å²) in [5.74, 6) is 0.705. The van der Waals surface area contributed by atoms with Crippen molar-refractivity contribution in [1.82, 2.24) is 5.32 Å². The zero-order chi connectivity index (χ0) is 18.6. The van der Waals surface area contributed by atoms with Gasteiger partial charge in [0.2, 0.25) is 0 Å². The Morgan fingerprint density at radius 1 is 1.00 bits per heavy atom. The molecule has 1 amide bonds. The largest absolute Gasteiger partial charge is 0.497 e. The van der Waals surface area contributed by atoms with Gasteiger partial charge in [-0.15, -0.1) is 0 Å². The molecule has 2 aromatic carbocycles. The second kappa shape index (κ2) is 7.70. The first-order valence-corrected chi connectivity index (χ1v) is 9.86. The molecular formula is C19H23NO4S. The maximum Gasteiger partial charge on any atom is 0.251 e. The van der Waals surface area contributed by atoms with E-state index in [0.717, 1.165) is 17.6 Å². The SMILES string of the molecule is COc1ccc(C(NC(=O)c2ccc(S(C)(=O)=O)cc2)C(C)C)cc1. The number of ether oxygens (including phenoxy) is 1. The summed E-state index contributed by atoms with van der Waals surface area (Å²) in [5, 5.41) is 3.02. The molecule has 1 N–H and O–H groups in total. The molecule has 2 rings (SSSR count). The summed E-state index contributed by atoms with van der Waals surface area (Å²) in [6, 6.07) is 13.4. The number of sulfone groups is 1. The van der Waals surface area contributed by atoms with Crippen LogP contribution in [0.3, 0.4) is 0 Å². The van der Waals surface area contributed by atoms with Crippen LogP contribution in [0.2, 0.25) is 0 Å². The first-order valence-electron chi connectivity index (χ1n) is 7.97. The van der Waals surface area contributed by atoms with Crippen LogP contribution in [0.4, 0.5) is 0 Å². The Morgan fingerprint density at radius 2 is 1.56 bits per heavy atom. The highest BCUT2D eigenvalue weighted by Gasteiger charge is 2.19. The molecule has 1 unspecified atom stereocenters. The maximum atomic E-state index is 12.5. The first kappa shape index (κ1) is 19.0. The lowest BCUT2D eigenvalue weighted by Crippen LogP contribution is -2.31. The van der Waals surface area contributed by atoms with E-state index < -0.39 is 9.84 Å². The lowest BCUT2D eigenvalue weighted by molar-refractivity contribution is 0.0925. The quantitative estimate of drug-likeness (QED) is 0.857. The van der Waals surface area contributed by atoms with E-state index >= 15 is 0 Å². The van der Waals surface area contributed by atoms with Crippen LogP contribution in [0.15, 0.2) is 53.4 Å². The van der Waals surface area contributed by atoms with Crippen LogP contribution in [-0.4, -0.2) is 27.7 Å². The molecule has 0 heterocycles. The van der Waals surface area contributed by atoms with Crippen molar-refractivity contribution in [3.63, 3.8) is 0 Å². The number of nitrogens with one attached hydrogen (secondary N) is 1. The van der Waals surface area contributed by atoms with Gasteiger partial charge in [0, 0.05) is 11.8 Å². The lowest BCUT2D eigenvalue weighted by atomic mass is 9.95. The van der Waals surface area contributed by atoms with E-state index in [4.69, 9.17) is 4.74 Å². The fourth-order valence-corrected chi connectivity index (χ4v) is 3.15. The highest BCUT2D eigenvalue weighted by atomic mass is 32.2. The van der Waals surface area contributed by atoms with Crippen molar-refractivity contribution >= 4 is 15.7 Å². The number of carbonyl (C=O) groups excluding carboxylic acids is 1. The Kier molecular flexibility index (Phi) is 5.85. The maximum absolute atomic E-state index is 12.5. The van der Waals surface area contributed by atoms with Crippen molar-refractivity contribution in [3.05, 3.63) is 59.7 Å². The van der Waals surface area contributed by atoms with Gasteiger partial charge in [-0.1, -0.05) is 26.0 Å². The molecule has 0 aromatic heterocycles. The average Bonchev–Trinajstić information content (AvgIpc) is 2.58. The third-order valence-corrected chi connectivity index (χ3v) is 5.10. The molecule has 0 saturated carbocycles. The van der Waals surface area contributed by atoms with Crippen LogP contribution in [0.1, 0.15) is 35.8 Å². The molecule has 25 heavy (non-hydrogen) atoms. The van der Waals surface area contributed by atoms with Crippen LogP contribution >= 0.6 is 0 Å². The Bertz CT molecular complexity index is 825. The van der Waals surface area contributed by atoms with Crippen molar-refractivity contribution in [2.24, 2.45) is 5.92 Å². The molecule has 0 aliphatic rings. The summed E-state index contributed by atoms with van der Waals surface area (Å²) in [4.78, 5) is 12.7. The zero-order valence-electron chi connectivity index (χ0n) is 14.8. The van der Waals surface area contributed by atoms with E-state index in [1.165, 1.54) is 24.3 Å². The zero-order valence-corrected chi connectivity index (χ0v) is 15.6. The molecule has 0 aliphatic heterocycles. The molecule has 1 atom stereocenters. The smallest absolute Gasteiger partial charge is 0.251 e. The van der Waals surface area contributed by atoms with Gasteiger partial charge in [0.25, 0.3) is 5.91 Å². The van der Waals surface area contributed by atoms with Crippen LogP contribution in [0.25, 0.3) is 0 Å². The Labute approximate surface area is 148 Å². The number of carbonyl (C=O) groups is 1. The van der Waals surface area contributed by atoms with Gasteiger partial charge in [-0.2, -0.15) is 0 Å². The average molecular weight is 361 g/mol. The normalized spacial score (nSPS) is 12.7. The van der Waals surface area contributed by atoms with Gasteiger partial charge in [0.05, 0.1) is 18.0 Å². The summed E-state index contributed by atoms with van der Waals surface area (Å²) >= 11 is 0. The number of benzene rings is 2. The minimum atomic E-state index is -3.27. The molecular weight excluding hydrogens is 338 g/mol. The van der Waals surface area contributed by atoms with E-state index in [1.807, 2.05) is 38.1 Å². The number of hydrogen-bond donors (Lipinski definition) is 1. The van der Waals surface area contributed by atoms with Crippen molar-refractivity contribution in [1.29, 1.82) is 0 Å². The van der Waals surface area contributed by atoms with Crippen LogP contribution in [0.5, 0.6) is 5.75 Å². The summed E-state index contributed by atoms with van der Waals surface area (Å²) in [5.41, 5.74) is 1.41. The molecule has 0 spiro atoms. The second-order valence-corrected chi connectivity index (χ2v) is 8.28. The van der Waals surface area contributed by atoms with Crippen molar-refractivity contribution in [3.8, 4) is 5.75 Å². The van der Waals surface area contributed by atoms with Gasteiger partial charge in [0.15, 0.2) is 9.84 Å². The number of hydrogen-bond acceptors (Lipinski definition) is 4. The number of amides is 1. The molecule has 6 heteroatoms. The van der Waals surface area contributed by atoms with E-state index in [0.29, 0.717) is 5.56 Å². The lowest BCUT2D eigenvalue weighted by Gasteiger charge is -2.23. The number of methoxy groups -OCH3 is 1. The highest BCUT2D eigenvalue weighted by Crippen LogP contribution is 2.24. The van der Waals surface area contributed by atoms with Crippen LogP contribution < -0.4 is 10.1 Å². The van der Waals surface area contributed by atoms with Crippen molar-refractivity contribution in [2.45, 2.75) is 24.8 Å². The standard InChI is InChI=1S/C19H23NO4S/c1-13(2)18(14-5-9-16(24-3)10-6-14)20-19(21)15-7-11-17(12-8-15)25(4,22)23/h5-13,18H,1-4H3,(H,20,21). The van der Waals surface area contributed by atoms with Gasteiger partial charge < -0.3 is 10.1 Å². The predicted molar refractivity (Wildman–Crippen MR) is 97.6 cm³/mol. The molecule has 0 aliphatic carbocycles. The van der Waals surface area contributed by atoms with Gasteiger partial charge >= 0.3 is 0 Å². The molecule has 0 bridgehead atoms. The number of rotatable bonds is 6. The van der Waals surface area contributed by atoms with Crippen LogP contribution in [-0.2, 0) is 9.84 Å². The topological polar surface area (TPSA) is 72.5 Å². The second-order valence-electron chi connectivity index (χ2n) is 6.26. The van der Waals surface area contributed by atoms with E-state index in [1.54, 1.807) is 7.11 Å². The van der Waals surface area contributed by atoms with Gasteiger partial charge in [-0.25, -0.2) is 8.42 Å². The highest BCUT2D eigenvalue weighted by molar-refractivity contribution is 7.90. The molecule has 134 valence electrons. The first-order chi connectivity index (χ1) is 11.7. The third-order valence-electron chi connectivity index (χ3n) is 3.97. The fraction of sp³-hybridized carbons (Fsp3) is 0.316. The molecule has 0 fully saturated rings. The summed E-state index contributed by atoms with van der Waals surface area (Å²) in [6.45, 7) is 4.06. The summed E-state index contributed by atoms with van der Waals surface area (Å²) in [7, 11) is -1.67. The molecule has 2 aromatic rings. The van der Waals surface area contributed by atoms with E-state index in [2.05, 4.69) is 5.32 Å². The van der Waals surface area contributed by atoms with Gasteiger partial charge in [-0.3, -0.25) is 4.79 Å². The minimum Gasteiger partial charge on any atom is -0.497 e. The minimum absolute atomic E-state index is 0.159. The monoisotopic (exact) mass is 361 g/mol. The third kappa shape index (κ3) is 4.82. The molecule has 5 nitrogen and oxygen atoms in total. The van der Waals surface area contributed by atoms with E-state index in [-0.39, 0.29) is 22.8 Å².